The van der Waals surface area contributed by atoms with E-state index in [1.54, 1.807) is 12.1 Å². The van der Waals surface area contributed by atoms with Crippen molar-refractivity contribution >= 4 is 34.8 Å². The molecule has 1 saturated carbocycles. The monoisotopic (exact) mass is 383 g/mol. The van der Waals surface area contributed by atoms with Crippen molar-refractivity contribution in [1.82, 2.24) is 0 Å². The predicted octanol–water partition coefficient (Wildman–Crippen LogP) is 3.78. The molecule has 5 nitrogen and oxygen atoms in total. The molecule has 6 heteroatoms. The lowest BCUT2D eigenvalue weighted by molar-refractivity contribution is -0.117. The van der Waals surface area contributed by atoms with Crippen LogP contribution in [0.25, 0.3) is 0 Å². The maximum absolute atomic E-state index is 12.8. The summed E-state index contributed by atoms with van der Waals surface area (Å²) in [4.78, 5) is 26.6. The Balaban J connectivity index is 1.54. The van der Waals surface area contributed by atoms with Gasteiger partial charge in [-0.15, -0.1) is 0 Å². The fourth-order valence-corrected chi connectivity index (χ4v) is 4.13. The summed E-state index contributed by atoms with van der Waals surface area (Å²) in [5, 5.41) is 3.73. The maximum Gasteiger partial charge on any atom is 0.248 e. The van der Waals surface area contributed by atoms with Gasteiger partial charge in [-0.25, -0.2) is 0 Å². The van der Waals surface area contributed by atoms with Crippen LogP contribution >= 0.6 is 11.6 Å². The molecule has 2 atom stereocenters. The van der Waals surface area contributed by atoms with E-state index in [4.69, 9.17) is 17.3 Å². The fraction of sp³-hybridized carbons (Fsp3) is 0.333. The Hall–Kier alpha value is -2.53. The van der Waals surface area contributed by atoms with Crippen molar-refractivity contribution in [3.05, 3.63) is 58.6 Å². The van der Waals surface area contributed by atoms with Gasteiger partial charge in [-0.1, -0.05) is 29.8 Å². The summed E-state index contributed by atoms with van der Waals surface area (Å²) in [5.41, 5.74) is 8.44. The molecule has 1 heterocycles. The lowest BCUT2D eigenvalue weighted by Crippen LogP contribution is -2.23. The summed E-state index contributed by atoms with van der Waals surface area (Å²) < 4.78 is 0. The van der Waals surface area contributed by atoms with E-state index >= 15 is 0 Å². The van der Waals surface area contributed by atoms with Crippen LogP contribution in [0.2, 0.25) is 5.02 Å². The summed E-state index contributed by atoms with van der Waals surface area (Å²) in [6, 6.07) is 12.9. The quantitative estimate of drug-likeness (QED) is 0.824. The Kier molecular flexibility index (Phi) is 4.79. The highest BCUT2D eigenvalue weighted by molar-refractivity contribution is 6.31. The van der Waals surface area contributed by atoms with E-state index in [-0.39, 0.29) is 17.7 Å². The van der Waals surface area contributed by atoms with Gasteiger partial charge in [-0.2, -0.15) is 0 Å². The summed E-state index contributed by atoms with van der Waals surface area (Å²) in [6.07, 6.45) is 3.04. The third-order valence-corrected chi connectivity index (χ3v) is 5.76. The summed E-state index contributed by atoms with van der Waals surface area (Å²) in [6.45, 7) is 1.90. The van der Waals surface area contributed by atoms with E-state index < -0.39 is 5.91 Å². The first-order valence-electron chi connectivity index (χ1n) is 9.28. The minimum atomic E-state index is -0.501. The number of anilines is 2. The van der Waals surface area contributed by atoms with E-state index in [0.29, 0.717) is 16.3 Å². The second-order valence-corrected chi connectivity index (χ2v) is 7.66. The molecule has 1 saturated heterocycles. The normalized spacial score (nSPS) is 21.1. The van der Waals surface area contributed by atoms with Crippen LogP contribution in [0.1, 0.15) is 41.1 Å². The van der Waals surface area contributed by atoms with Crippen LogP contribution in [-0.4, -0.2) is 24.9 Å². The first-order valence-corrected chi connectivity index (χ1v) is 9.66. The van der Waals surface area contributed by atoms with Crippen molar-refractivity contribution in [2.75, 3.05) is 23.3 Å². The molecule has 27 heavy (non-hydrogen) atoms. The third-order valence-electron chi connectivity index (χ3n) is 5.42. The lowest BCUT2D eigenvalue weighted by Gasteiger charge is -2.22. The van der Waals surface area contributed by atoms with Gasteiger partial charge in [0.1, 0.15) is 0 Å². The van der Waals surface area contributed by atoms with E-state index in [1.165, 1.54) is 0 Å². The highest BCUT2D eigenvalue weighted by atomic mass is 35.5. The molecule has 4 rings (SSSR count). The van der Waals surface area contributed by atoms with Gasteiger partial charge in [0.05, 0.1) is 11.4 Å². The first kappa shape index (κ1) is 17.9. The van der Waals surface area contributed by atoms with Crippen LogP contribution in [0.5, 0.6) is 0 Å². The number of nitrogens with one attached hydrogen (secondary N) is 1. The van der Waals surface area contributed by atoms with Crippen LogP contribution < -0.4 is 16.0 Å². The average Bonchev–Trinajstić information content (AvgIpc) is 3.26. The molecule has 140 valence electrons. The molecule has 0 spiro atoms. The second kappa shape index (κ2) is 7.24. The number of nitrogens with two attached hydrogens (primary N) is 1. The van der Waals surface area contributed by atoms with Gasteiger partial charge < -0.3 is 16.0 Å². The van der Waals surface area contributed by atoms with E-state index in [2.05, 4.69) is 10.2 Å². The second-order valence-electron chi connectivity index (χ2n) is 7.25. The molecule has 2 fully saturated rings. The van der Waals surface area contributed by atoms with Gasteiger partial charge in [0.2, 0.25) is 11.8 Å². The van der Waals surface area contributed by atoms with Crippen LogP contribution in [0.15, 0.2) is 42.5 Å². The molecule has 2 aromatic rings. The highest BCUT2D eigenvalue weighted by Gasteiger charge is 2.45. The molecule has 0 aromatic heterocycles. The van der Waals surface area contributed by atoms with Crippen molar-refractivity contribution < 1.29 is 9.59 Å². The smallest absolute Gasteiger partial charge is 0.248 e. The van der Waals surface area contributed by atoms with Gasteiger partial charge in [-0.05, 0) is 55.0 Å². The molecule has 3 N–H and O–H groups in total. The predicted molar refractivity (Wildman–Crippen MR) is 107 cm³/mol. The molecule has 1 aliphatic heterocycles. The highest BCUT2D eigenvalue weighted by Crippen LogP contribution is 2.50. The number of primary amides is 1. The largest absolute Gasteiger partial charge is 0.370 e. The fourth-order valence-electron chi connectivity index (χ4n) is 3.85. The van der Waals surface area contributed by atoms with Gasteiger partial charge in [0.15, 0.2) is 0 Å². The first-order chi connectivity index (χ1) is 13.0. The summed E-state index contributed by atoms with van der Waals surface area (Å²) in [5.74, 6) is -0.498. The number of carbonyl (C=O) groups is 2. The molecule has 0 bridgehead atoms. The topological polar surface area (TPSA) is 75.4 Å². The molecular weight excluding hydrogens is 362 g/mol. The van der Waals surface area contributed by atoms with Gasteiger partial charge in [-0.3, -0.25) is 9.59 Å². The van der Waals surface area contributed by atoms with E-state index in [0.717, 1.165) is 43.6 Å². The average molecular weight is 384 g/mol. The molecule has 1 aliphatic carbocycles. The number of hydrogen-bond donors (Lipinski definition) is 2. The zero-order chi connectivity index (χ0) is 19.0. The Labute approximate surface area is 163 Å². The number of halogens is 1. The number of benzene rings is 2. The Morgan fingerprint density at radius 3 is 2.56 bits per heavy atom. The minimum Gasteiger partial charge on any atom is -0.370 e. The van der Waals surface area contributed by atoms with Gasteiger partial charge in [0, 0.05) is 29.6 Å². The van der Waals surface area contributed by atoms with Crippen molar-refractivity contribution in [2.45, 2.75) is 25.2 Å². The molecule has 2 amide bonds. The number of amides is 2. The number of nitrogens with zero attached hydrogens (tertiary/aromatic N) is 1. The molecular formula is C21H22ClN3O2. The zero-order valence-corrected chi connectivity index (χ0v) is 15.7. The number of hydrogen-bond acceptors (Lipinski definition) is 3. The Bertz CT molecular complexity index is 893. The van der Waals surface area contributed by atoms with Gasteiger partial charge in [0.25, 0.3) is 0 Å². The third kappa shape index (κ3) is 3.65. The zero-order valence-electron chi connectivity index (χ0n) is 15.0. The minimum absolute atomic E-state index is 0.0398. The van der Waals surface area contributed by atoms with Crippen LogP contribution in [-0.2, 0) is 4.79 Å². The summed E-state index contributed by atoms with van der Waals surface area (Å²) >= 11 is 6.27. The Morgan fingerprint density at radius 2 is 1.85 bits per heavy atom. The SMILES string of the molecule is NC(=O)c1ccc(N2CCCC2)c(NC(=O)[C@H]2C[C@H]2c2ccccc2Cl)c1. The van der Waals surface area contributed by atoms with Crippen molar-refractivity contribution in [3.63, 3.8) is 0 Å². The standard InChI is InChI=1S/C21H22ClN3O2/c22-17-6-2-1-5-14(17)15-12-16(15)21(27)24-18-11-13(20(23)26)7-8-19(18)25-9-3-4-10-25/h1-2,5-8,11,15-16H,3-4,9-10,12H2,(H2,23,26)(H,24,27)/t15-,16-/m0/s1. The van der Waals surface area contributed by atoms with E-state index in [1.807, 2.05) is 30.3 Å². The van der Waals surface area contributed by atoms with E-state index in [9.17, 15) is 9.59 Å². The molecule has 2 aromatic carbocycles. The van der Waals surface area contributed by atoms with Crippen LogP contribution in [0.3, 0.4) is 0 Å². The van der Waals surface area contributed by atoms with Gasteiger partial charge >= 0.3 is 0 Å². The van der Waals surface area contributed by atoms with Crippen LogP contribution in [0, 0.1) is 5.92 Å². The van der Waals surface area contributed by atoms with Crippen molar-refractivity contribution in [2.24, 2.45) is 11.7 Å². The maximum atomic E-state index is 12.8. The van der Waals surface area contributed by atoms with Crippen molar-refractivity contribution in [1.29, 1.82) is 0 Å². The molecule has 0 radical (unpaired) electrons. The number of carbonyl (C=O) groups excluding carboxylic acids is 2. The Morgan fingerprint density at radius 1 is 1.11 bits per heavy atom. The van der Waals surface area contributed by atoms with Crippen LogP contribution in [0.4, 0.5) is 11.4 Å². The molecule has 2 aliphatic rings. The molecule has 0 unspecified atom stereocenters. The lowest BCUT2D eigenvalue weighted by atomic mass is 10.1. The van der Waals surface area contributed by atoms with Crippen molar-refractivity contribution in [3.8, 4) is 0 Å². The summed E-state index contributed by atoms with van der Waals surface area (Å²) in [7, 11) is 0. The number of rotatable bonds is 5.